The van der Waals surface area contributed by atoms with Gasteiger partial charge in [-0.2, -0.15) is 0 Å². The van der Waals surface area contributed by atoms with Gasteiger partial charge in [0, 0.05) is 25.6 Å². The minimum absolute atomic E-state index is 0.0212. The van der Waals surface area contributed by atoms with Crippen LogP contribution in [0.5, 0.6) is 0 Å². The van der Waals surface area contributed by atoms with Crippen LogP contribution in [0.1, 0.15) is 25.6 Å². The highest BCUT2D eigenvalue weighted by Gasteiger charge is 2.26. The molecule has 102 valence electrons. The number of furan rings is 1. The van der Waals surface area contributed by atoms with Gasteiger partial charge in [-0.05, 0) is 26.1 Å². The molecule has 0 radical (unpaired) electrons. The minimum Gasteiger partial charge on any atom is -0.468 e. The first kappa shape index (κ1) is 14.7. The average Bonchev–Trinajstić information content (AvgIpc) is 2.80. The number of nitrogens with two attached hydrogens (primary N) is 1. The van der Waals surface area contributed by atoms with Crippen molar-refractivity contribution in [3.63, 3.8) is 0 Å². The zero-order valence-corrected chi connectivity index (χ0v) is 11.5. The smallest absolute Gasteiger partial charge is 0.223 e. The summed E-state index contributed by atoms with van der Waals surface area (Å²) in [6.45, 7) is 4.47. The molecule has 3 unspecified atom stereocenters. The molecule has 5 nitrogen and oxygen atoms in total. The van der Waals surface area contributed by atoms with E-state index in [2.05, 4.69) is 10.2 Å². The third-order valence-corrected chi connectivity index (χ3v) is 3.06. The average molecular weight is 253 g/mol. The van der Waals surface area contributed by atoms with E-state index in [1.165, 1.54) is 0 Å². The standard InChI is InChI=1S/C13H23N3O2/c1-9(13(17)15-3)8-16(4)12(10(2)14)11-6-5-7-18-11/h5-7,9-10,12H,8,14H2,1-4H3,(H,15,17). The lowest BCUT2D eigenvalue weighted by atomic mass is 10.0. The molecule has 0 bridgehead atoms. The monoisotopic (exact) mass is 253 g/mol. The first-order valence-electron chi connectivity index (χ1n) is 6.18. The highest BCUT2D eigenvalue weighted by molar-refractivity contribution is 5.78. The summed E-state index contributed by atoms with van der Waals surface area (Å²) in [6.07, 6.45) is 1.64. The number of likely N-dealkylation sites (N-methyl/N-ethyl adjacent to an activating group) is 1. The minimum atomic E-state index is -0.0868. The molecule has 0 saturated heterocycles. The van der Waals surface area contributed by atoms with Gasteiger partial charge < -0.3 is 15.5 Å². The van der Waals surface area contributed by atoms with Gasteiger partial charge in [-0.25, -0.2) is 0 Å². The normalized spacial score (nSPS) is 16.3. The van der Waals surface area contributed by atoms with Gasteiger partial charge in [0.05, 0.1) is 12.3 Å². The molecule has 0 aliphatic heterocycles. The Morgan fingerprint density at radius 3 is 2.67 bits per heavy atom. The fourth-order valence-electron chi connectivity index (χ4n) is 2.21. The van der Waals surface area contributed by atoms with Crippen molar-refractivity contribution in [3.8, 4) is 0 Å². The van der Waals surface area contributed by atoms with E-state index < -0.39 is 0 Å². The van der Waals surface area contributed by atoms with E-state index in [4.69, 9.17) is 10.2 Å². The Labute approximate surface area is 108 Å². The van der Waals surface area contributed by atoms with Crippen molar-refractivity contribution in [3.05, 3.63) is 24.2 Å². The number of amides is 1. The number of carbonyl (C=O) groups excluding carboxylic acids is 1. The van der Waals surface area contributed by atoms with Crippen LogP contribution < -0.4 is 11.1 Å². The summed E-state index contributed by atoms with van der Waals surface area (Å²) >= 11 is 0. The van der Waals surface area contributed by atoms with Crippen LogP contribution in [-0.4, -0.2) is 37.5 Å². The van der Waals surface area contributed by atoms with E-state index in [-0.39, 0.29) is 23.9 Å². The second-order valence-electron chi connectivity index (χ2n) is 4.77. The molecule has 1 amide bonds. The van der Waals surface area contributed by atoms with Gasteiger partial charge in [-0.3, -0.25) is 9.69 Å². The topological polar surface area (TPSA) is 71.5 Å². The van der Waals surface area contributed by atoms with Crippen molar-refractivity contribution in [2.75, 3.05) is 20.6 Å². The first-order valence-corrected chi connectivity index (χ1v) is 6.18. The lowest BCUT2D eigenvalue weighted by Crippen LogP contribution is -2.41. The van der Waals surface area contributed by atoms with Gasteiger partial charge >= 0.3 is 0 Å². The van der Waals surface area contributed by atoms with Gasteiger partial charge in [0.1, 0.15) is 5.76 Å². The summed E-state index contributed by atoms with van der Waals surface area (Å²) < 4.78 is 5.42. The Balaban J connectivity index is 2.72. The van der Waals surface area contributed by atoms with E-state index >= 15 is 0 Å². The van der Waals surface area contributed by atoms with Gasteiger partial charge in [-0.1, -0.05) is 6.92 Å². The summed E-state index contributed by atoms with van der Waals surface area (Å²) in [5.74, 6) is 0.775. The molecule has 18 heavy (non-hydrogen) atoms. The van der Waals surface area contributed by atoms with Crippen LogP contribution in [0.4, 0.5) is 0 Å². The quantitative estimate of drug-likeness (QED) is 0.793. The Morgan fingerprint density at radius 2 is 2.22 bits per heavy atom. The van der Waals surface area contributed by atoms with Crippen LogP contribution in [0.2, 0.25) is 0 Å². The van der Waals surface area contributed by atoms with Crippen molar-refractivity contribution in [1.82, 2.24) is 10.2 Å². The molecule has 0 aromatic carbocycles. The van der Waals surface area contributed by atoms with Crippen LogP contribution in [0.3, 0.4) is 0 Å². The molecule has 1 aromatic heterocycles. The maximum atomic E-state index is 11.5. The highest BCUT2D eigenvalue weighted by atomic mass is 16.3. The second-order valence-corrected chi connectivity index (χ2v) is 4.77. The zero-order chi connectivity index (χ0) is 13.7. The van der Waals surface area contributed by atoms with Gasteiger partial charge in [0.15, 0.2) is 0 Å². The number of hydrogen-bond donors (Lipinski definition) is 2. The number of hydrogen-bond acceptors (Lipinski definition) is 4. The van der Waals surface area contributed by atoms with Crippen molar-refractivity contribution >= 4 is 5.91 Å². The summed E-state index contributed by atoms with van der Waals surface area (Å²) in [6, 6.07) is 3.67. The third kappa shape index (κ3) is 3.58. The predicted octanol–water partition coefficient (Wildman–Crippen LogP) is 0.982. The maximum absolute atomic E-state index is 11.5. The Morgan fingerprint density at radius 1 is 1.56 bits per heavy atom. The molecular formula is C13H23N3O2. The lowest BCUT2D eigenvalue weighted by molar-refractivity contribution is -0.124. The van der Waals surface area contributed by atoms with E-state index in [1.807, 2.05) is 33.0 Å². The molecule has 3 N–H and O–H groups in total. The van der Waals surface area contributed by atoms with Gasteiger partial charge in [0.25, 0.3) is 0 Å². The molecular weight excluding hydrogens is 230 g/mol. The molecule has 0 aliphatic carbocycles. The molecule has 0 saturated carbocycles. The van der Waals surface area contributed by atoms with E-state index in [0.717, 1.165) is 5.76 Å². The van der Waals surface area contributed by atoms with Crippen molar-refractivity contribution in [2.24, 2.45) is 11.7 Å². The SMILES string of the molecule is CNC(=O)C(C)CN(C)C(c1ccco1)C(C)N. The molecule has 0 spiro atoms. The van der Waals surface area contributed by atoms with Crippen molar-refractivity contribution in [2.45, 2.75) is 25.9 Å². The largest absolute Gasteiger partial charge is 0.468 e. The van der Waals surface area contributed by atoms with Crippen LogP contribution in [0.15, 0.2) is 22.8 Å². The molecule has 0 fully saturated rings. The summed E-state index contributed by atoms with van der Waals surface area (Å²) in [5.41, 5.74) is 6.01. The first-order chi connectivity index (χ1) is 8.47. The number of carbonyl (C=O) groups is 1. The summed E-state index contributed by atoms with van der Waals surface area (Å²) in [5, 5.41) is 2.65. The number of nitrogens with one attached hydrogen (secondary N) is 1. The lowest BCUT2D eigenvalue weighted by Gasteiger charge is -2.31. The molecule has 0 aliphatic rings. The Kier molecular flexibility index (Phi) is 5.37. The van der Waals surface area contributed by atoms with Gasteiger partial charge in [-0.15, -0.1) is 0 Å². The van der Waals surface area contributed by atoms with E-state index in [9.17, 15) is 4.79 Å². The Hall–Kier alpha value is -1.33. The molecule has 1 aromatic rings. The second kappa shape index (κ2) is 6.56. The maximum Gasteiger partial charge on any atom is 0.223 e. The molecule has 5 heteroatoms. The molecule has 3 atom stereocenters. The highest BCUT2D eigenvalue weighted by Crippen LogP contribution is 2.23. The number of nitrogens with zero attached hydrogens (tertiary/aromatic N) is 1. The predicted molar refractivity (Wildman–Crippen MR) is 71.0 cm³/mol. The fraction of sp³-hybridized carbons (Fsp3) is 0.615. The third-order valence-electron chi connectivity index (χ3n) is 3.06. The number of rotatable bonds is 6. The van der Waals surface area contributed by atoms with Crippen LogP contribution in [0, 0.1) is 5.92 Å². The van der Waals surface area contributed by atoms with Crippen LogP contribution >= 0.6 is 0 Å². The summed E-state index contributed by atoms with van der Waals surface area (Å²) in [7, 11) is 3.60. The Bertz CT molecular complexity index is 362. The van der Waals surface area contributed by atoms with E-state index in [1.54, 1.807) is 13.3 Å². The molecule has 1 rings (SSSR count). The fourth-order valence-corrected chi connectivity index (χ4v) is 2.21. The van der Waals surface area contributed by atoms with Crippen LogP contribution in [-0.2, 0) is 4.79 Å². The van der Waals surface area contributed by atoms with Gasteiger partial charge in [0.2, 0.25) is 5.91 Å². The van der Waals surface area contributed by atoms with E-state index in [0.29, 0.717) is 6.54 Å². The summed E-state index contributed by atoms with van der Waals surface area (Å²) in [4.78, 5) is 13.6. The zero-order valence-electron chi connectivity index (χ0n) is 11.5. The van der Waals surface area contributed by atoms with Crippen molar-refractivity contribution in [1.29, 1.82) is 0 Å². The van der Waals surface area contributed by atoms with Crippen molar-refractivity contribution < 1.29 is 9.21 Å². The molecule has 1 heterocycles. The van der Waals surface area contributed by atoms with Crippen LogP contribution in [0.25, 0.3) is 0 Å².